The van der Waals surface area contributed by atoms with Crippen molar-refractivity contribution in [1.82, 2.24) is 34.1 Å². The first-order valence-corrected chi connectivity index (χ1v) is 10.5. The molecule has 0 saturated carbocycles. The Balaban J connectivity index is 1.35. The van der Waals surface area contributed by atoms with Crippen molar-refractivity contribution in [3.8, 4) is 17.1 Å². The number of rotatable bonds is 5. The van der Waals surface area contributed by atoms with Crippen molar-refractivity contribution < 1.29 is 4.74 Å². The van der Waals surface area contributed by atoms with Gasteiger partial charge in [-0.2, -0.15) is 9.50 Å². The van der Waals surface area contributed by atoms with Gasteiger partial charge in [0.2, 0.25) is 0 Å². The summed E-state index contributed by atoms with van der Waals surface area (Å²) in [5, 5.41) is 6.15. The lowest BCUT2D eigenvalue weighted by Gasteiger charge is -2.08. The van der Waals surface area contributed by atoms with Crippen LogP contribution in [0.5, 0.6) is 5.75 Å². The molecule has 5 heterocycles. The molecule has 0 saturated heterocycles. The minimum atomic E-state index is -0.113. The first-order valence-electron chi connectivity index (χ1n) is 10.5. The second-order valence-electron chi connectivity index (χ2n) is 7.74. The Morgan fingerprint density at radius 3 is 2.91 bits per heavy atom. The van der Waals surface area contributed by atoms with Crippen LogP contribution in [0.4, 0.5) is 0 Å². The molecule has 0 unspecified atom stereocenters. The molecule has 9 nitrogen and oxygen atoms in total. The molecule has 0 spiro atoms. The lowest BCUT2D eigenvalue weighted by atomic mass is 10.1. The number of pyridine rings is 2. The van der Waals surface area contributed by atoms with Crippen LogP contribution in [-0.2, 0) is 13.0 Å². The first-order chi connectivity index (χ1) is 16.2. The summed E-state index contributed by atoms with van der Waals surface area (Å²) in [5.74, 6) is 1.76. The molecule has 33 heavy (non-hydrogen) atoms. The van der Waals surface area contributed by atoms with Gasteiger partial charge in [0.15, 0.2) is 5.82 Å². The highest BCUT2D eigenvalue weighted by atomic mass is 16.5. The van der Waals surface area contributed by atoms with E-state index in [0.29, 0.717) is 35.5 Å². The van der Waals surface area contributed by atoms with Crippen LogP contribution in [0.25, 0.3) is 39.0 Å². The largest absolute Gasteiger partial charge is 0.497 e. The molecule has 0 fully saturated rings. The number of H-pyrrole nitrogens is 1. The summed E-state index contributed by atoms with van der Waals surface area (Å²) in [5.41, 5.74) is 3.51. The normalized spacial score (nSPS) is 11.5. The minimum absolute atomic E-state index is 0.113. The molecule has 0 aliphatic carbocycles. The summed E-state index contributed by atoms with van der Waals surface area (Å²) < 4.78 is 8.66. The van der Waals surface area contributed by atoms with Crippen LogP contribution in [0.15, 0.2) is 72.2 Å². The van der Waals surface area contributed by atoms with E-state index >= 15 is 0 Å². The summed E-state index contributed by atoms with van der Waals surface area (Å²) >= 11 is 0. The zero-order chi connectivity index (χ0) is 22.4. The average molecular weight is 437 g/mol. The molecule has 0 aliphatic rings. The van der Waals surface area contributed by atoms with E-state index in [2.05, 4.69) is 25.0 Å². The Bertz CT molecular complexity index is 1680. The number of hydrogen-bond donors (Lipinski definition) is 1. The van der Waals surface area contributed by atoms with E-state index < -0.39 is 0 Å². The number of benzene rings is 1. The molecule has 6 rings (SSSR count). The number of nitrogens with one attached hydrogen (secondary N) is 1. The topological polar surface area (TPSA) is 103 Å². The van der Waals surface area contributed by atoms with Crippen LogP contribution in [0.1, 0.15) is 5.56 Å². The second kappa shape index (κ2) is 7.56. The Morgan fingerprint density at radius 1 is 1.12 bits per heavy atom. The summed E-state index contributed by atoms with van der Waals surface area (Å²) in [6.45, 7) is 0.537. The molecule has 0 amide bonds. The van der Waals surface area contributed by atoms with E-state index in [1.54, 1.807) is 41.0 Å². The number of ether oxygens (including phenoxy) is 1. The van der Waals surface area contributed by atoms with Crippen molar-refractivity contribution in [2.45, 2.75) is 13.0 Å². The summed E-state index contributed by atoms with van der Waals surface area (Å²) in [6, 6.07) is 11.5. The van der Waals surface area contributed by atoms with Gasteiger partial charge in [0.25, 0.3) is 11.3 Å². The maximum Gasteiger partial charge on any atom is 0.261 e. The van der Waals surface area contributed by atoms with E-state index in [-0.39, 0.29) is 5.56 Å². The Labute approximate surface area is 187 Å². The maximum absolute atomic E-state index is 13.2. The van der Waals surface area contributed by atoms with Gasteiger partial charge < -0.3 is 14.3 Å². The molecule has 5 aromatic heterocycles. The van der Waals surface area contributed by atoms with Crippen LogP contribution in [-0.4, -0.2) is 41.2 Å². The van der Waals surface area contributed by atoms with Gasteiger partial charge in [-0.1, -0.05) is 0 Å². The van der Waals surface area contributed by atoms with E-state index in [4.69, 9.17) is 4.74 Å². The fraction of sp³-hybridized carbons (Fsp3) is 0.125. The highest BCUT2D eigenvalue weighted by Gasteiger charge is 2.13. The third-order valence-electron chi connectivity index (χ3n) is 5.82. The quantitative estimate of drug-likeness (QED) is 0.444. The van der Waals surface area contributed by atoms with Gasteiger partial charge in [0, 0.05) is 54.0 Å². The van der Waals surface area contributed by atoms with Crippen LogP contribution < -0.4 is 10.3 Å². The molecule has 162 valence electrons. The van der Waals surface area contributed by atoms with Gasteiger partial charge in [0.1, 0.15) is 5.75 Å². The molecule has 0 atom stereocenters. The molecular formula is C24H19N7O2. The zero-order valence-corrected chi connectivity index (χ0v) is 17.8. The average Bonchev–Trinajstić information content (AvgIpc) is 3.48. The fourth-order valence-corrected chi connectivity index (χ4v) is 4.09. The van der Waals surface area contributed by atoms with Crippen LogP contribution in [0, 0.1) is 0 Å². The summed E-state index contributed by atoms with van der Waals surface area (Å²) in [7, 11) is 1.65. The lowest BCUT2D eigenvalue weighted by Crippen LogP contribution is -2.21. The molecule has 1 N–H and O–H groups in total. The SMILES string of the molecule is COc1ccc2[nH]cc(CCn3ccc4c(cnc5nc(-c6cccnc6)nn54)c3=O)c2c1. The molecular weight excluding hydrogens is 418 g/mol. The van der Waals surface area contributed by atoms with Crippen LogP contribution in [0.3, 0.4) is 0 Å². The van der Waals surface area contributed by atoms with Crippen LogP contribution >= 0.6 is 0 Å². The van der Waals surface area contributed by atoms with Crippen molar-refractivity contribution in [2.24, 2.45) is 0 Å². The number of fused-ring (bicyclic) bond motifs is 4. The van der Waals surface area contributed by atoms with Crippen LogP contribution in [0.2, 0.25) is 0 Å². The third kappa shape index (κ3) is 3.21. The Morgan fingerprint density at radius 2 is 2.06 bits per heavy atom. The smallest absolute Gasteiger partial charge is 0.261 e. The monoisotopic (exact) mass is 437 g/mol. The number of aryl methyl sites for hydroxylation is 2. The summed E-state index contributed by atoms with van der Waals surface area (Å²) in [6.07, 6.45) is 9.44. The molecule has 1 aromatic carbocycles. The van der Waals surface area contributed by atoms with Crippen molar-refractivity contribution >= 4 is 27.6 Å². The number of nitrogens with zero attached hydrogens (tertiary/aromatic N) is 6. The van der Waals surface area contributed by atoms with Crippen molar-refractivity contribution in [3.05, 3.63) is 83.3 Å². The molecule has 0 bridgehead atoms. The highest BCUT2D eigenvalue weighted by molar-refractivity contribution is 5.84. The van der Waals surface area contributed by atoms with Gasteiger partial charge in [-0.25, -0.2) is 4.98 Å². The minimum Gasteiger partial charge on any atom is -0.497 e. The van der Waals surface area contributed by atoms with Crippen molar-refractivity contribution in [3.63, 3.8) is 0 Å². The third-order valence-corrected chi connectivity index (χ3v) is 5.82. The van der Waals surface area contributed by atoms with E-state index in [0.717, 1.165) is 27.8 Å². The molecule has 0 aliphatic heterocycles. The van der Waals surface area contributed by atoms with Gasteiger partial charge in [0.05, 0.1) is 18.0 Å². The zero-order valence-electron chi connectivity index (χ0n) is 17.8. The predicted octanol–water partition coefficient (Wildman–Crippen LogP) is 3.23. The predicted molar refractivity (Wildman–Crippen MR) is 124 cm³/mol. The van der Waals surface area contributed by atoms with E-state index in [9.17, 15) is 4.79 Å². The molecule has 0 radical (unpaired) electrons. The number of aromatic amines is 1. The standard InChI is InChI=1S/C24H19N7O2/c1-33-17-4-5-20-18(11-17)15(13-26-20)6-9-30-10-7-21-19(23(30)32)14-27-24-28-22(29-31(21)24)16-3-2-8-25-12-16/h2-5,7-8,10-14,26H,6,9H2,1H3. The van der Waals surface area contributed by atoms with Gasteiger partial charge in [-0.3, -0.25) is 9.78 Å². The van der Waals surface area contributed by atoms with Gasteiger partial charge in [-0.05, 0) is 48.4 Å². The van der Waals surface area contributed by atoms with E-state index in [1.807, 2.05) is 42.6 Å². The Hall–Kier alpha value is -4.53. The number of hydrogen-bond acceptors (Lipinski definition) is 6. The van der Waals surface area contributed by atoms with Crippen molar-refractivity contribution in [1.29, 1.82) is 0 Å². The highest BCUT2D eigenvalue weighted by Crippen LogP contribution is 2.24. The summed E-state index contributed by atoms with van der Waals surface area (Å²) in [4.78, 5) is 29.4. The first kappa shape index (κ1) is 19.2. The molecule has 9 heteroatoms. The van der Waals surface area contributed by atoms with Gasteiger partial charge in [-0.15, -0.1) is 5.10 Å². The van der Waals surface area contributed by atoms with E-state index in [1.165, 1.54) is 0 Å². The fourth-order valence-electron chi connectivity index (χ4n) is 4.09. The second-order valence-corrected chi connectivity index (χ2v) is 7.74. The van der Waals surface area contributed by atoms with Gasteiger partial charge >= 0.3 is 0 Å². The number of aromatic nitrogens is 7. The molecule has 6 aromatic rings. The number of methoxy groups -OCH3 is 1. The Kier molecular flexibility index (Phi) is 4.39. The van der Waals surface area contributed by atoms with Crippen molar-refractivity contribution in [2.75, 3.05) is 7.11 Å². The maximum atomic E-state index is 13.2. The lowest BCUT2D eigenvalue weighted by molar-refractivity contribution is 0.415.